The molecule has 0 amide bonds. The lowest BCUT2D eigenvalue weighted by molar-refractivity contribution is -0.0395. The van der Waals surface area contributed by atoms with Crippen molar-refractivity contribution in [3.8, 4) is 6.07 Å². The summed E-state index contributed by atoms with van der Waals surface area (Å²) in [5.41, 5.74) is 0.482. The smallest absolute Gasteiger partial charge is 0.180 e. The van der Waals surface area contributed by atoms with Crippen LogP contribution in [0, 0.1) is 11.3 Å². The predicted molar refractivity (Wildman–Crippen MR) is 55.6 cm³/mol. The van der Waals surface area contributed by atoms with Gasteiger partial charge in [-0.3, -0.25) is 4.79 Å². The maximum Gasteiger partial charge on any atom is 0.180 e. The van der Waals surface area contributed by atoms with Gasteiger partial charge in [0.2, 0.25) is 0 Å². The van der Waals surface area contributed by atoms with Crippen molar-refractivity contribution in [2.24, 2.45) is 0 Å². The summed E-state index contributed by atoms with van der Waals surface area (Å²) in [7, 11) is 0. The molecule has 0 saturated carbocycles. The number of aromatic nitrogens is 2. The maximum absolute atomic E-state index is 11.4. The molecule has 2 heterocycles. The van der Waals surface area contributed by atoms with Gasteiger partial charge in [-0.15, -0.1) is 0 Å². The van der Waals surface area contributed by atoms with Crippen LogP contribution in [0.1, 0.15) is 42.3 Å². The van der Waals surface area contributed by atoms with Gasteiger partial charge in [-0.1, -0.05) is 0 Å². The van der Waals surface area contributed by atoms with Gasteiger partial charge in [0, 0.05) is 12.8 Å². The molecule has 0 N–H and O–H groups in total. The number of nitrogens with zero attached hydrogens (tertiary/aromatic N) is 3. The van der Waals surface area contributed by atoms with Gasteiger partial charge in [-0.2, -0.15) is 10.4 Å². The van der Waals surface area contributed by atoms with Crippen LogP contribution < -0.4 is 0 Å². The molecule has 1 atom stereocenters. The summed E-state index contributed by atoms with van der Waals surface area (Å²) in [6.45, 7) is 0.742. The van der Waals surface area contributed by atoms with Gasteiger partial charge in [-0.25, -0.2) is 4.68 Å². The van der Waals surface area contributed by atoms with Crippen molar-refractivity contribution in [1.29, 1.82) is 5.26 Å². The van der Waals surface area contributed by atoms with Gasteiger partial charge in [0.05, 0.1) is 24.3 Å². The number of hydrogen-bond donors (Lipinski definition) is 0. The molecule has 1 unspecified atom stereocenters. The normalized spacial score (nSPS) is 20.3. The van der Waals surface area contributed by atoms with Crippen LogP contribution >= 0.6 is 0 Å². The Morgan fingerprint density at radius 3 is 3.25 bits per heavy atom. The predicted octanol–water partition coefficient (Wildman–Crippen LogP) is 1.68. The third kappa shape index (κ3) is 2.28. The lowest BCUT2D eigenvalue weighted by atomic mass is 10.2. The van der Waals surface area contributed by atoms with Gasteiger partial charge in [-0.05, 0) is 19.3 Å². The molecule has 0 spiro atoms. The molecular weight excluding hydrogens is 206 g/mol. The summed E-state index contributed by atoms with van der Waals surface area (Å²) in [5.74, 6) is -0.190. The molecule has 1 aromatic heterocycles. The number of rotatable bonds is 3. The Kier molecular flexibility index (Phi) is 3.32. The molecule has 2 rings (SSSR count). The fourth-order valence-electron chi connectivity index (χ4n) is 1.75. The average Bonchev–Trinajstić information content (AvgIpc) is 2.80. The van der Waals surface area contributed by atoms with Crippen molar-refractivity contribution < 1.29 is 9.53 Å². The van der Waals surface area contributed by atoms with E-state index in [0.717, 1.165) is 25.9 Å². The van der Waals surface area contributed by atoms with Crippen LogP contribution in [0.3, 0.4) is 0 Å². The Hall–Kier alpha value is -1.67. The fraction of sp³-hybridized carbons (Fsp3) is 0.545. The van der Waals surface area contributed by atoms with Crippen molar-refractivity contribution in [3.63, 3.8) is 0 Å². The third-order valence-electron chi connectivity index (χ3n) is 2.61. The molecule has 0 aliphatic carbocycles. The van der Waals surface area contributed by atoms with Crippen LogP contribution in [0.4, 0.5) is 0 Å². The highest BCUT2D eigenvalue weighted by Crippen LogP contribution is 2.21. The Bertz CT molecular complexity index is 413. The molecule has 0 bridgehead atoms. The highest BCUT2D eigenvalue weighted by molar-refractivity contribution is 5.96. The number of ether oxygens (including phenoxy) is 1. The van der Waals surface area contributed by atoms with Crippen molar-refractivity contribution in [2.45, 2.75) is 31.9 Å². The SMILES string of the molecule is N#CCC(=O)c1cnn(C2CCCCO2)c1. The topological polar surface area (TPSA) is 67.9 Å². The molecular formula is C11H13N3O2. The van der Waals surface area contributed by atoms with Crippen LogP contribution in [-0.4, -0.2) is 22.2 Å². The Balaban J connectivity index is 2.07. The van der Waals surface area contributed by atoms with Gasteiger partial charge >= 0.3 is 0 Å². The first-order chi connectivity index (χ1) is 7.81. The zero-order chi connectivity index (χ0) is 11.4. The number of ketones is 1. The van der Waals surface area contributed by atoms with E-state index in [1.165, 1.54) is 6.20 Å². The summed E-state index contributed by atoms with van der Waals surface area (Å²) >= 11 is 0. The molecule has 1 saturated heterocycles. The van der Waals surface area contributed by atoms with E-state index in [1.807, 2.05) is 6.07 Å². The van der Waals surface area contributed by atoms with Crippen LogP contribution in [0.15, 0.2) is 12.4 Å². The second kappa shape index (κ2) is 4.90. The minimum atomic E-state index is -0.190. The Morgan fingerprint density at radius 2 is 2.56 bits per heavy atom. The number of carbonyl (C=O) groups excluding carboxylic acids is 1. The lowest BCUT2D eigenvalue weighted by Gasteiger charge is -2.22. The lowest BCUT2D eigenvalue weighted by Crippen LogP contribution is -2.18. The molecule has 1 fully saturated rings. The van der Waals surface area contributed by atoms with Gasteiger partial charge in [0.25, 0.3) is 0 Å². The van der Waals surface area contributed by atoms with Gasteiger partial charge in [0.1, 0.15) is 6.23 Å². The van der Waals surface area contributed by atoms with E-state index in [9.17, 15) is 4.79 Å². The summed E-state index contributed by atoms with van der Waals surface area (Å²) in [5, 5.41) is 12.5. The van der Waals surface area contributed by atoms with Gasteiger partial charge < -0.3 is 4.74 Å². The second-order valence-corrected chi connectivity index (χ2v) is 3.79. The molecule has 1 aromatic rings. The van der Waals surface area contributed by atoms with Crippen LogP contribution in [0.25, 0.3) is 0 Å². The average molecular weight is 219 g/mol. The van der Waals surface area contributed by atoms with E-state index in [-0.39, 0.29) is 18.4 Å². The van der Waals surface area contributed by atoms with E-state index in [0.29, 0.717) is 5.56 Å². The van der Waals surface area contributed by atoms with Crippen molar-refractivity contribution in [2.75, 3.05) is 6.61 Å². The number of nitriles is 1. The summed E-state index contributed by atoms with van der Waals surface area (Å²) in [6.07, 6.45) is 6.12. The zero-order valence-electron chi connectivity index (χ0n) is 8.93. The van der Waals surface area contributed by atoms with Crippen LogP contribution in [0.2, 0.25) is 0 Å². The molecule has 0 radical (unpaired) electrons. The highest BCUT2D eigenvalue weighted by Gasteiger charge is 2.17. The van der Waals surface area contributed by atoms with E-state index >= 15 is 0 Å². The van der Waals surface area contributed by atoms with Crippen LogP contribution in [-0.2, 0) is 4.74 Å². The number of Topliss-reactive ketones (excluding diaryl/α,β-unsaturated/α-hetero) is 1. The summed E-state index contributed by atoms with van der Waals surface area (Å²) in [4.78, 5) is 11.4. The standard InChI is InChI=1S/C11H13N3O2/c12-5-4-10(15)9-7-13-14(8-9)11-3-1-2-6-16-11/h7-8,11H,1-4,6H2. The molecule has 5 nitrogen and oxygen atoms in total. The monoisotopic (exact) mass is 219 g/mol. The van der Waals surface area contributed by atoms with Crippen molar-refractivity contribution >= 4 is 5.78 Å². The molecule has 84 valence electrons. The first-order valence-electron chi connectivity index (χ1n) is 5.37. The summed E-state index contributed by atoms with van der Waals surface area (Å²) in [6, 6.07) is 1.84. The Labute approximate surface area is 93.6 Å². The first-order valence-corrected chi connectivity index (χ1v) is 5.37. The molecule has 16 heavy (non-hydrogen) atoms. The molecule has 1 aliphatic heterocycles. The third-order valence-corrected chi connectivity index (χ3v) is 2.61. The minimum absolute atomic E-state index is 0.0580. The van der Waals surface area contributed by atoms with Crippen molar-refractivity contribution in [1.82, 2.24) is 9.78 Å². The van der Waals surface area contributed by atoms with Gasteiger partial charge in [0.15, 0.2) is 5.78 Å². The highest BCUT2D eigenvalue weighted by atomic mass is 16.5. The molecule has 0 aromatic carbocycles. The molecule has 5 heteroatoms. The van der Waals surface area contributed by atoms with E-state index < -0.39 is 0 Å². The van der Waals surface area contributed by atoms with Crippen LogP contribution in [0.5, 0.6) is 0 Å². The minimum Gasteiger partial charge on any atom is -0.357 e. The largest absolute Gasteiger partial charge is 0.357 e. The summed E-state index contributed by atoms with van der Waals surface area (Å²) < 4.78 is 7.21. The van der Waals surface area contributed by atoms with E-state index in [4.69, 9.17) is 10.00 Å². The molecule has 1 aliphatic rings. The second-order valence-electron chi connectivity index (χ2n) is 3.79. The van der Waals surface area contributed by atoms with E-state index in [1.54, 1.807) is 10.9 Å². The number of carbonyl (C=O) groups is 1. The Morgan fingerprint density at radius 1 is 1.69 bits per heavy atom. The zero-order valence-corrected chi connectivity index (χ0v) is 8.93. The quantitative estimate of drug-likeness (QED) is 0.725. The first kappa shape index (κ1) is 10.8. The van der Waals surface area contributed by atoms with E-state index in [2.05, 4.69) is 5.10 Å². The number of hydrogen-bond acceptors (Lipinski definition) is 4. The maximum atomic E-state index is 11.4. The fourth-order valence-corrected chi connectivity index (χ4v) is 1.75. The van der Waals surface area contributed by atoms with Crippen molar-refractivity contribution in [3.05, 3.63) is 18.0 Å².